The molecule has 1 N–H and O–H groups in total. The smallest absolute Gasteiger partial charge is 0.263 e. The summed E-state index contributed by atoms with van der Waals surface area (Å²) in [6, 6.07) is 4.99. The van der Waals surface area contributed by atoms with Crippen molar-refractivity contribution < 1.29 is 4.79 Å². The molecule has 5 atom stereocenters. The van der Waals surface area contributed by atoms with Crippen molar-refractivity contribution in [1.82, 2.24) is 20.2 Å². The Balaban J connectivity index is 1.22. The minimum absolute atomic E-state index is 0.105. The highest BCUT2D eigenvalue weighted by Gasteiger charge is 2.45. The van der Waals surface area contributed by atoms with Gasteiger partial charge in [-0.2, -0.15) is 0 Å². The zero-order valence-corrected chi connectivity index (χ0v) is 20.9. The summed E-state index contributed by atoms with van der Waals surface area (Å²) in [4.78, 5) is 26.5. The maximum absolute atomic E-state index is 13.4. The first-order valence-corrected chi connectivity index (χ1v) is 13.4. The van der Waals surface area contributed by atoms with Crippen LogP contribution in [-0.2, 0) is 0 Å². The number of fused-ring (bicyclic) bond motifs is 3. The van der Waals surface area contributed by atoms with Crippen LogP contribution in [-0.4, -0.2) is 45.4 Å². The SMILES string of the molecule is Cc1nc([C@@H]2C[C@H]2c2cc(C(=O)N(C)[C@H]3C[C@@H]4CC[C@](C)(C3)N4)sc2Cl)c2ccsc2n1. The Bertz CT molecular complexity index is 1220. The fraction of sp³-hybridized carbons (Fsp3) is 0.542. The van der Waals surface area contributed by atoms with Crippen molar-refractivity contribution in [1.29, 1.82) is 0 Å². The molecule has 5 nitrogen and oxygen atoms in total. The molecule has 3 aliphatic rings. The van der Waals surface area contributed by atoms with Crippen molar-refractivity contribution in [3.63, 3.8) is 0 Å². The maximum atomic E-state index is 13.4. The number of amides is 1. The lowest BCUT2D eigenvalue weighted by atomic mass is 9.88. The van der Waals surface area contributed by atoms with Crippen molar-refractivity contribution >= 4 is 50.4 Å². The Kier molecular flexibility index (Phi) is 4.92. The largest absolute Gasteiger partial charge is 0.338 e. The monoisotopic (exact) mass is 486 g/mol. The highest BCUT2D eigenvalue weighted by Crippen LogP contribution is 2.58. The van der Waals surface area contributed by atoms with Crippen LogP contribution in [0.2, 0.25) is 4.34 Å². The first-order chi connectivity index (χ1) is 15.3. The van der Waals surface area contributed by atoms with Crippen LogP contribution >= 0.6 is 34.3 Å². The molecule has 8 heteroatoms. The number of rotatable bonds is 4. The van der Waals surface area contributed by atoms with Gasteiger partial charge in [-0.15, -0.1) is 22.7 Å². The van der Waals surface area contributed by atoms with Crippen molar-refractivity contribution in [2.75, 3.05) is 7.05 Å². The Hall–Kier alpha value is -1.54. The minimum atomic E-state index is 0.105. The molecule has 1 aliphatic carbocycles. The molecular weight excluding hydrogens is 460 g/mol. The molecule has 3 aromatic rings. The van der Waals surface area contributed by atoms with E-state index in [1.165, 1.54) is 24.2 Å². The molecule has 0 spiro atoms. The van der Waals surface area contributed by atoms with Crippen LogP contribution in [0.4, 0.5) is 0 Å². The summed E-state index contributed by atoms with van der Waals surface area (Å²) in [6.07, 6.45) is 5.50. The third kappa shape index (κ3) is 3.49. The minimum Gasteiger partial charge on any atom is -0.338 e. The zero-order valence-electron chi connectivity index (χ0n) is 18.5. The van der Waals surface area contributed by atoms with E-state index >= 15 is 0 Å². The maximum Gasteiger partial charge on any atom is 0.263 e. The van der Waals surface area contributed by atoms with Crippen LogP contribution in [0, 0.1) is 6.92 Å². The van der Waals surface area contributed by atoms with E-state index < -0.39 is 0 Å². The third-order valence-electron chi connectivity index (χ3n) is 7.64. The van der Waals surface area contributed by atoms with Crippen molar-refractivity contribution in [2.24, 2.45) is 0 Å². The number of hydrogen-bond donors (Lipinski definition) is 1. The summed E-state index contributed by atoms with van der Waals surface area (Å²) in [5.74, 6) is 1.60. The lowest BCUT2D eigenvalue weighted by molar-refractivity contribution is 0.0653. The van der Waals surface area contributed by atoms with Crippen molar-refractivity contribution in [3.05, 3.63) is 43.8 Å². The van der Waals surface area contributed by atoms with Gasteiger partial charge in [-0.25, -0.2) is 9.97 Å². The van der Waals surface area contributed by atoms with Crippen LogP contribution < -0.4 is 5.32 Å². The molecule has 2 bridgehead atoms. The number of piperidine rings is 1. The molecule has 1 amide bonds. The van der Waals surface area contributed by atoms with Crippen LogP contribution in [0.5, 0.6) is 0 Å². The van der Waals surface area contributed by atoms with Crippen LogP contribution in [0.15, 0.2) is 17.5 Å². The predicted molar refractivity (Wildman–Crippen MR) is 131 cm³/mol. The average Bonchev–Trinajstić information content (AvgIpc) is 3.07. The second-order valence-electron chi connectivity index (χ2n) is 10.0. The predicted octanol–water partition coefficient (Wildman–Crippen LogP) is 5.73. The van der Waals surface area contributed by atoms with E-state index in [2.05, 4.69) is 28.7 Å². The number of aromatic nitrogens is 2. The molecule has 32 heavy (non-hydrogen) atoms. The van der Waals surface area contributed by atoms with Gasteiger partial charge in [0.1, 0.15) is 10.7 Å². The van der Waals surface area contributed by atoms with Crippen molar-refractivity contribution in [3.8, 4) is 0 Å². The number of nitrogens with zero attached hydrogens (tertiary/aromatic N) is 3. The summed E-state index contributed by atoms with van der Waals surface area (Å²) >= 11 is 9.77. The van der Waals surface area contributed by atoms with Gasteiger partial charge in [0.05, 0.1) is 14.9 Å². The van der Waals surface area contributed by atoms with Gasteiger partial charge in [0.15, 0.2) is 0 Å². The van der Waals surface area contributed by atoms with Crippen LogP contribution in [0.1, 0.15) is 77.6 Å². The lowest BCUT2D eigenvalue weighted by Gasteiger charge is -2.40. The van der Waals surface area contributed by atoms with Gasteiger partial charge in [0.25, 0.3) is 5.91 Å². The number of hydrogen-bond acceptors (Lipinski definition) is 6. The highest BCUT2D eigenvalue weighted by molar-refractivity contribution is 7.18. The van der Waals surface area contributed by atoms with Gasteiger partial charge >= 0.3 is 0 Å². The Morgan fingerprint density at radius 3 is 2.97 bits per heavy atom. The van der Waals surface area contributed by atoms with Gasteiger partial charge in [0, 0.05) is 36.0 Å². The first-order valence-electron chi connectivity index (χ1n) is 11.4. The van der Waals surface area contributed by atoms with Crippen LogP contribution in [0.3, 0.4) is 0 Å². The van der Waals surface area contributed by atoms with E-state index in [4.69, 9.17) is 16.6 Å². The summed E-state index contributed by atoms with van der Waals surface area (Å²) in [7, 11) is 1.96. The Morgan fingerprint density at radius 1 is 1.31 bits per heavy atom. The van der Waals surface area contributed by atoms with Gasteiger partial charge in [-0.05, 0) is 74.9 Å². The molecule has 0 radical (unpaired) electrons. The average molecular weight is 487 g/mol. The molecule has 3 fully saturated rings. The van der Waals surface area contributed by atoms with Crippen molar-refractivity contribution in [2.45, 2.75) is 75.4 Å². The summed E-state index contributed by atoms with van der Waals surface area (Å²) in [6.45, 7) is 4.25. The number of carbonyl (C=O) groups is 1. The van der Waals surface area contributed by atoms with Crippen LogP contribution in [0.25, 0.3) is 10.2 Å². The molecule has 0 unspecified atom stereocenters. The van der Waals surface area contributed by atoms with E-state index in [1.807, 2.05) is 24.9 Å². The normalized spacial score (nSPS) is 31.2. The molecule has 5 heterocycles. The third-order valence-corrected chi connectivity index (χ3v) is 9.82. The number of aryl methyl sites for hydroxylation is 1. The quantitative estimate of drug-likeness (QED) is 0.511. The number of carbonyl (C=O) groups excluding carboxylic acids is 1. The molecule has 6 rings (SSSR count). The summed E-state index contributed by atoms with van der Waals surface area (Å²) in [5.41, 5.74) is 2.41. The molecule has 3 aromatic heterocycles. The lowest BCUT2D eigenvalue weighted by Crippen LogP contribution is -2.54. The fourth-order valence-electron chi connectivity index (χ4n) is 5.89. The van der Waals surface area contributed by atoms with E-state index in [1.54, 1.807) is 11.3 Å². The van der Waals surface area contributed by atoms with Gasteiger partial charge in [-0.1, -0.05) is 11.6 Å². The summed E-state index contributed by atoms with van der Waals surface area (Å²) in [5, 5.41) is 6.97. The molecule has 1 saturated carbocycles. The molecule has 2 aliphatic heterocycles. The molecule has 0 aromatic carbocycles. The van der Waals surface area contributed by atoms with E-state index in [0.29, 0.717) is 17.9 Å². The molecule has 2 saturated heterocycles. The van der Waals surface area contributed by atoms with Gasteiger partial charge < -0.3 is 10.2 Å². The zero-order chi connectivity index (χ0) is 22.2. The second-order valence-corrected chi connectivity index (χ2v) is 12.6. The summed E-state index contributed by atoms with van der Waals surface area (Å²) < 4.78 is 0.749. The van der Waals surface area contributed by atoms with Gasteiger partial charge in [-0.3, -0.25) is 4.79 Å². The first kappa shape index (κ1) is 21.0. The standard InChI is InChI=1S/C24H27ClN4OS2/c1-12-26-20(15-5-7-31-22(15)27-12)17-9-16(17)18-10-19(32-21(18)25)23(30)29(3)14-8-13-4-6-24(2,11-14)28-13/h5,7,10,13-14,16-17,28H,4,6,8-9,11H2,1-3H3/t13-,14-,16+,17+,24+/m0/s1. The number of halogens is 1. The number of thiophene rings is 2. The molecular formula is C24H27ClN4OS2. The van der Waals surface area contributed by atoms with Gasteiger partial charge in [0.2, 0.25) is 0 Å². The number of nitrogens with one attached hydrogen (secondary N) is 1. The van der Waals surface area contributed by atoms with E-state index in [-0.39, 0.29) is 17.5 Å². The van der Waals surface area contributed by atoms with E-state index in [9.17, 15) is 4.79 Å². The fourth-order valence-corrected chi connectivity index (χ4v) is 8.09. The Labute approximate surface area is 201 Å². The highest BCUT2D eigenvalue weighted by atomic mass is 35.5. The van der Waals surface area contributed by atoms with E-state index in [0.717, 1.165) is 55.8 Å². The second kappa shape index (κ2) is 7.49. The Morgan fingerprint density at radius 2 is 2.16 bits per heavy atom. The topological polar surface area (TPSA) is 58.1 Å². The molecule has 168 valence electrons.